The van der Waals surface area contributed by atoms with Crippen molar-refractivity contribution < 1.29 is 9.69 Å². The Morgan fingerprint density at radius 2 is 1.59 bits per heavy atom. The first-order valence-corrected chi connectivity index (χ1v) is 11.1. The molecule has 5 fully saturated rings. The van der Waals surface area contributed by atoms with Crippen LogP contribution in [0.2, 0.25) is 0 Å². The number of para-hydroxylation sites is 1. The number of nitrogens with one attached hydrogen (secondary N) is 2. The SMILES string of the molecule is C[C@H](C(=O)NC12CC3CC(CC(C3)C1)C2)[NH+]1CCN(c2ccccc2)CC1. The van der Waals surface area contributed by atoms with Gasteiger partial charge in [-0.3, -0.25) is 4.79 Å². The molecule has 4 saturated carbocycles. The molecule has 2 N–H and O–H groups in total. The van der Waals surface area contributed by atoms with Crippen LogP contribution in [0.4, 0.5) is 5.69 Å². The maximum absolute atomic E-state index is 13.1. The van der Waals surface area contributed by atoms with E-state index in [1.165, 1.54) is 49.1 Å². The molecule has 1 heterocycles. The largest absolute Gasteiger partial charge is 0.360 e. The van der Waals surface area contributed by atoms with Crippen molar-refractivity contribution in [1.82, 2.24) is 5.32 Å². The molecule has 4 aliphatic carbocycles. The summed E-state index contributed by atoms with van der Waals surface area (Å²) in [6, 6.07) is 10.7. The minimum Gasteiger partial charge on any atom is -0.360 e. The lowest BCUT2D eigenvalue weighted by atomic mass is 9.53. The summed E-state index contributed by atoms with van der Waals surface area (Å²) in [5.41, 5.74) is 1.45. The van der Waals surface area contributed by atoms with E-state index in [9.17, 15) is 4.79 Å². The van der Waals surface area contributed by atoms with Gasteiger partial charge in [-0.2, -0.15) is 0 Å². The zero-order valence-corrected chi connectivity index (χ0v) is 16.6. The Kier molecular flexibility index (Phi) is 4.42. The van der Waals surface area contributed by atoms with E-state index < -0.39 is 0 Å². The number of quaternary nitrogens is 1. The molecular formula is C23H34N3O+. The molecule has 27 heavy (non-hydrogen) atoms. The molecule has 4 heteroatoms. The third kappa shape index (κ3) is 3.37. The molecule has 4 nitrogen and oxygen atoms in total. The molecular weight excluding hydrogens is 334 g/mol. The molecule has 6 rings (SSSR count). The van der Waals surface area contributed by atoms with Gasteiger partial charge in [-0.15, -0.1) is 0 Å². The van der Waals surface area contributed by atoms with Gasteiger partial charge in [0, 0.05) is 11.2 Å². The third-order valence-electron chi connectivity index (χ3n) is 7.96. The van der Waals surface area contributed by atoms with Crippen LogP contribution >= 0.6 is 0 Å². The summed E-state index contributed by atoms with van der Waals surface area (Å²) in [7, 11) is 0. The first-order chi connectivity index (χ1) is 13.1. The number of rotatable bonds is 4. The van der Waals surface area contributed by atoms with Crippen LogP contribution in [-0.2, 0) is 4.79 Å². The van der Waals surface area contributed by atoms with Gasteiger partial charge in [0.2, 0.25) is 0 Å². The molecule has 1 aromatic carbocycles. The van der Waals surface area contributed by atoms with E-state index in [0.717, 1.165) is 43.9 Å². The Hall–Kier alpha value is -1.55. The standard InChI is InChI=1S/C23H33N3O/c1-17(25-7-9-26(10-8-25)21-5-3-2-4-6-21)22(27)24-23-14-18-11-19(15-23)13-20(12-18)16-23/h2-6,17-20H,7-16H2,1H3,(H,24,27)/p+1/t17-,18?,19?,20?,23?/m1/s1. The average Bonchev–Trinajstić information content (AvgIpc) is 2.67. The number of carbonyl (C=O) groups excluding carboxylic acids is 1. The molecule has 4 bridgehead atoms. The van der Waals surface area contributed by atoms with E-state index in [1.54, 1.807) is 0 Å². The number of benzene rings is 1. The number of anilines is 1. The van der Waals surface area contributed by atoms with Crippen LogP contribution in [0.3, 0.4) is 0 Å². The van der Waals surface area contributed by atoms with Gasteiger partial charge in [0.1, 0.15) is 0 Å². The Morgan fingerprint density at radius 1 is 1.04 bits per heavy atom. The Labute approximate surface area is 163 Å². The lowest BCUT2D eigenvalue weighted by Crippen LogP contribution is -3.19. The molecule has 1 aliphatic heterocycles. The molecule has 146 valence electrons. The van der Waals surface area contributed by atoms with Gasteiger partial charge in [0.15, 0.2) is 6.04 Å². The van der Waals surface area contributed by atoms with Crippen molar-refractivity contribution in [2.24, 2.45) is 17.8 Å². The normalized spacial score (nSPS) is 36.6. The van der Waals surface area contributed by atoms with Crippen molar-refractivity contribution in [3.63, 3.8) is 0 Å². The van der Waals surface area contributed by atoms with Crippen LogP contribution in [0.25, 0.3) is 0 Å². The van der Waals surface area contributed by atoms with E-state index >= 15 is 0 Å². The molecule has 1 amide bonds. The molecule has 5 aliphatic rings. The van der Waals surface area contributed by atoms with E-state index in [2.05, 4.69) is 47.5 Å². The third-order valence-corrected chi connectivity index (χ3v) is 7.96. The second-order valence-electron chi connectivity index (χ2n) is 9.89. The van der Waals surface area contributed by atoms with Gasteiger partial charge in [0.05, 0.1) is 26.2 Å². The minimum atomic E-state index is 0.0657. The van der Waals surface area contributed by atoms with Gasteiger partial charge >= 0.3 is 0 Å². The van der Waals surface area contributed by atoms with Crippen molar-refractivity contribution in [3.05, 3.63) is 30.3 Å². The number of nitrogens with zero attached hydrogens (tertiary/aromatic N) is 1. The van der Waals surface area contributed by atoms with Gasteiger partial charge < -0.3 is 15.1 Å². The first-order valence-electron chi connectivity index (χ1n) is 11.1. The molecule has 0 spiro atoms. The van der Waals surface area contributed by atoms with Gasteiger partial charge in [-0.1, -0.05) is 18.2 Å². The van der Waals surface area contributed by atoms with Crippen molar-refractivity contribution in [3.8, 4) is 0 Å². The number of piperazine rings is 1. The van der Waals surface area contributed by atoms with Gasteiger partial charge in [-0.25, -0.2) is 0 Å². The van der Waals surface area contributed by atoms with Crippen molar-refractivity contribution >= 4 is 11.6 Å². The van der Waals surface area contributed by atoms with Crippen LogP contribution in [0.15, 0.2) is 30.3 Å². The summed E-state index contributed by atoms with van der Waals surface area (Å²) in [4.78, 5) is 17.0. The minimum absolute atomic E-state index is 0.0657. The first kappa shape index (κ1) is 17.5. The predicted molar refractivity (Wildman–Crippen MR) is 108 cm³/mol. The lowest BCUT2D eigenvalue weighted by Gasteiger charge is -2.57. The molecule has 0 aromatic heterocycles. The fourth-order valence-corrected chi connectivity index (χ4v) is 6.94. The maximum atomic E-state index is 13.1. The summed E-state index contributed by atoms with van der Waals surface area (Å²) in [5.74, 6) is 2.95. The van der Waals surface area contributed by atoms with Crippen molar-refractivity contribution in [1.29, 1.82) is 0 Å². The quantitative estimate of drug-likeness (QED) is 0.851. The van der Waals surface area contributed by atoms with Crippen LogP contribution in [0, 0.1) is 17.8 Å². The fraction of sp³-hybridized carbons (Fsp3) is 0.696. The predicted octanol–water partition coefficient (Wildman–Crippen LogP) is 1.87. The van der Waals surface area contributed by atoms with E-state index in [4.69, 9.17) is 0 Å². The Bertz CT molecular complexity index is 645. The zero-order chi connectivity index (χ0) is 18.4. The monoisotopic (exact) mass is 368 g/mol. The van der Waals surface area contributed by atoms with E-state index in [-0.39, 0.29) is 11.6 Å². The maximum Gasteiger partial charge on any atom is 0.278 e. The van der Waals surface area contributed by atoms with Gasteiger partial charge in [0.25, 0.3) is 5.91 Å². The summed E-state index contributed by atoms with van der Waals surface area (Å²) in [5, 5.41) is 3.59. The molecule has 1 aromatic rings. The molecule has 0 unspecified atom stereocenters. The van der Waals surface area contributed by atoms with Crippen LogP contribution in [0.1, 0.15) is 45.4 Å². The number of hydrogen-bond acceptors (Lipinski definition) is 2. The Morgan fingerprint density at radius 3 is 2.15 bits per heavy atom. The highest BCUT2D eigenvalue weighted by molar-refractivity contribution is 5.80. The number of carbonyl (C=O) groups is 1. The highest BCUT2D eigenvalue weighted by atomic mass is 16.2. The summed E-state index contributed by atoms with van der Waals surface area (Å²) in [6.45, 7) is 6.31. The second-order valence-corrected chi connectivity index (χ2v) is 9.89. The molecule has 0 radical (unpaired) electrons. The highest BCUT2D eigenvalue weighted by Crippen LogP contribution is 2.55. The highest BCUT2D eigenvalue weighted by Gasteiger charge is 2.52. The van der Waals surface area contributed by atoms with Gasteiger partial charge in [-0.05, 0) is 75.3 Å². The van der Waals surface area contributed by atoms with Crippen LogP contribution < -0.4 is 15.1 Å². The zero-order valence-electron chi connectivity index (χ0n) is 16.6. The topological polar surface area (TPSA) is 36.8 Å². The second kappa shape index (κ2) is 6.80. The van der Waals surface area contributed by atoms with E-state index in [1.807, 2.05) is 0 Å². The smallest absolute Gasteiger partial charge is 0.278 e. The summed E-state index contributed by atoms with van der Waals surface area (Å²) < 4.78 is 0. The summed E-state index contributed by atoms with van der Waals surface area (Å²) in [6.07, 6.45) is 8.02. The molecule has 1 atom stereocenters. The average molecular weight is 369 g/mol. The molecule has 1 saturated heterocycles. The fourth-order valence-electron chi connectivity index (χ4n) is 6.94. The van der Waals surface area contributed by atoms with Crippen molar-refractivity contribution in [2.75, 3.05) is 31.1 Å². The Balaban J connectivity index is 1.18. The van der Waals surface area contributed by atoms with Crippen LogP contribution in [-0.4, -0.2) is 43.7 Å². The van der Waals surface area contributed by atoms with E-state index in [0.29, 0.717) is 5.91 Å². The number of hydrogen-bond donors (Lipinski definition) is 2. The van der Waals surface area contributed by atoms with Crippen molar-refractivity contribution in [2.45, 2.75) is 57.0 Å². The number of amides is 1. The lowest BCUT2D eigenvalue weighted by molar-refractivity contribution is -0.914. The van der Waals surface area contributed by atoms with Crippen LogP contribution in [0.5, 0.6) is 0 Å². The summed E-state index contributed by atoms with van der Waals surface area (Å²) >= 11 is 0.